The van der Waals surface area contributed by atoms with Gasteiger partial charge < -0.3 is 14.6 Å². The molecule has 176 valence electrons. The number of thioether (sulfide) groups is 1. The van der Waals surface area contributed by atoms with Crippen molar-refractivity contribution in [1.29, 1.82) is 0 Å². The predicted molar refractivity (Wildman–Crippen MR) is 129 cm³/mol. The molecular weight excluding hydrogens is 438 g/mol. The number of carbonyl (C=O) groups excluding carboxylic acids is 2. The molecule has 2 aromatic carbocycles. The van der Waals surface area contributed by atoms with E-state index in [4.69, 9.17) is 9.47 Å². The third-order valence-electron chi connectivity index (χ3n) is 6.25. The molecule has 2 unspecified atom stereocenters. The van der Waals surface area contributed by atoms with E-state index in [2.05, 4.69) is 33.0 Å². The molecule has 2 aromatic rings. The van der Waals surface area contributed by atoms with Gasteiger partial charge in [-0.25, -0.2) is 0 Å². The Hall–Kier alpha value is -2.67. The fourth-order valence-electron chi connectivity index (χ4n) is 4.62. The van der Waals surface area contributed by atoms with Crippen molar-refractivity contribution in [2.75, 3.05) is 6.61 Å². The van der Waals surface area contributed by atoms with Gasteiger partial charge in [-0.15, -0.1) is 0 Å². The first-order chi connectivity index (χ1) is 15.4. The van der Waals surface area contributed by atoms with Crippen LogP contribution in [0.1, 0.15) is 56.4 Å². The number of phenolic OH excluding ortho intramolecular Hbond substituents is 1. The minimum Gasteiger partial charge on any atom is -0.508 e. The number of hydrogen-bond acceptors (Lipinski definition) is 6. The van der Waals surface area contributed by atoms with Gasteiger partial charge in [0.15, 0.2) is 0 Å². The molecule has 0 aliphatic carbocycles. The molecule has 2 aliphatic heterocycles. The Morgan fingerprint density at radius 2 is 1.94 bits per heavy atom. The van der Waals surface area contributed by atoms with E-state index in [1.165, 1.54) is 0 Å². The van der Waals surface area contributed by atoms with Crippen LogP contribution in [-0.2, 0) is 23.1 Å². The lowest BCUT2D eigenvalue weighted by Gasteiger charge is -2.38. The zero-order valence-electron chi connectivity index (χ0n) is 19.8. The van der Waals surface area contributed by atoms with Crippen molar-refractivity contribution in [1.82, 2.24) is 5.32 Å². The molecule has 0 spiro atoms. The summed E-state index contributed by atoms with van der Waals surface area (Å²) in [6.45, 7) is 10.7. The molecule has 1 fully saturated rings. The second kappa shape index (κ2) is 8.60. The molecule has 0 saturated carbocycles. The first-order valence-corrected chi connectivity index (χ1v) is 12.1. The van der Waals surface area contributed by atoms with E-state index in [1.54, 1.807) is 0 Å². The van der Waals surface area contributed by atoms with Crippen molar-refractivity contribution < 1.29 is 24.2 Å². The summed E-state index contributed by atoms with van der Waals surface area (Å²) in [6.07, 6.45) is 2.10. The Balaban J connectivity index is 1.42. The molecule has 0 aromatic heterocycles. The van der Waals surface area contributed by atoms with Crippen molar-refractivity contribution in [3.63, 3.8) is 0 Å². The number of rotatable bonds is 5. The number of imide groups is 1. The fourth-order valence-corrected chi connectivity index (χ4v) is 5.48. The quantitative estimate of drug-likeness (QED) is 0.637. The maximum Gasteiger partial charge on any atom is 0.286 e. The smallest absolute Gasteiger partial charge is 0.286 e. The number of benzene rings is 2. The molecule has 2 amide bonds. The van der Waals surface area contributed by atoms with Crippen molar-refractivity contribution >= 4 is 22.9 Å². The molecule has 6 nitrogen and oxygen atoms in total. The summed E-state index contributed by atoms with van der Waals surface area (Å²) in [4.78, 5) is 23.1. The van der Waals surface area contributed by atoms with E-state index in [0.717, 1.165) is 58.4 Å². The van der Waals surface area contributed by atoms with Crippen LogP contribution in [-0.4, -0.2) is 33.7 Å². The molecule has 0 radical (unpaired) electrons. The largest absolute Gasteiger partial charge is 0.508 e. The number of nitrogens with one attached hydrogen (secondary N) is 1. The molecule has 2 N–H and O–H groups in total. The summed E-state index contributed by atoms with van der Waals surface area (Å²) in [5.41, 5.74) is 3.24. The molecule has 7 heteroatoms. The maximum absolute atomic E-state index is 11.8. The summed E-state index contributed by atoms with van der Waals surface area (Å²) >= 11 is 1.04. The number of aryl methyl sites for hydroxylation is 1. The lowest BCUT2D eigenvalue weighted by molar-refractivity contribution is -0.118. The third-order valence-corrected chi connectivity index (χ3v) is 7.23. The molecule has 4 rings (SSSR count). The number of hydrogen-bond donors (Lipinski definition) is 2. The number of amides is 2. The van der Waals surface area contributed by atoms with Crippen LogP contribution in [0.25, 0.3) is 0 Å². The van der Waals surface area contributed by atoms with Crippen LogP contribution >= 0.6 is 11.8 Å². The second-order valence-electron chi connectivity index (χ2n) is 10.2. The van der Waals surface area contributed by atoms with Gasteiger partial charge in [-0.05, 0) is 73.4 Å². The Morgan fingerprint density at radius 1 is 1.24 bits per heavy atom. The van der Waals surface area contributed by atoms with Gasteiger partial charge in [-0.1, -0.05) is 44.7 Å². The Kier molecular flexibility index (Phi) is 6.12. The van der Waals surface area contributed by atoms with Gasteiger partial charge in [0.05, 0.1) is 5.25 Å². The Bertz CT molecular complexity index is 1090. The Morgan fingerprint density at radius 3 is 2.55 bits per heavy atom. The van der Waals surface area contributed by atoms with Gasteiger partial charge in [0.1, 0.15) is 29.5 Å². The predicted octanol–water partition coefficient (Wildman–Crippen LogP) is 5.05. The van der Waals surface area contributed by atoms with Crippen molar-refractivity contribution in [2.45, 2.75) is 70.1 Å². The number of aromatic hydroxyl groups is 1. The van der Waals surface area contributed by atoms with Crippen molar-refractivity contribution in [3.8, 4) is 17.2 Å². The van der Waals surface area contributed by atoms with Gasteiger partial charge in [-0.2, -0.15) is 0 Å². The number of ether oxygens (including phenoxy) is 2. The van der Waals surface area contributed by atoms with Gasteiger partial charge in [-0.3, -0.25) is 14.9 Å². The van der Waals surface area contributed by atoms with Crippen LogP contribution in [0.4, 0.5) is 4.79 Å². The standard InChI is InChI=1S/C26H31NO5S/c1-15-21(25(2,3)4)19(28)13-17-10-11-26(5,32-22(15)17)14-31-18-8-6-16(7-9-18)12-20-23(29)27-24(30)33-20/h6-9,13,20,28H,10-12,14H2,1-5H3,(H,27,29,30). The minimum atomic E-state index is -0.485. The summed E-state index contributed by atoms with van der Waals surface area (Å²) in [7, 11) is 0. The normalized spacial score (nSPS) is 22.5. The van der Waals surface area contributed by atoms with E-state index in [0.29, 0.717) is 18.8 Å². The number of fused-ring (bicyclic) bond motifs is 1. The van der Waals surface area contributed by atoms with Crippen LogP contribution in [0.3, 0.4) is 0 Å². The Labute approximate surface area is 199 Å². The first kappa shape index (κ1) is 23.5. The maximum atomic E-state index is 11.8. The van der Waals surface area contributed by atoms with Crippen molar-refractivity contribution in [2.24, 2.45) is 0 Å². The number of phenols is 1. The average Bonchev–Trinajstić information content (AvgIpc) is 3.04. The van der Waals surface area contributed by atoms with E-state index >= 15 is 0 Å². The van der Waals surface area contributed by atoms with Crippen molar-refractivity contribution in [3.05, 3.63) is 52.6 Å². The number of carbonyl (C=O) groups is 2. The fraction of sp³-hybridized carbons (Fsp3) is 0.462. The molecule has 1 saturated heterocycles. The molecule has 33 heavy (non-hydrogen) atoms. The summed E-state index contributed by atoms with van der Waals surface area (Å²) in [5.74, 6) is 1.69. The average molecular weight is 470 g/mol. The summed E-state index contributed by atoms with van der Waals surface area (Å²) < 4.78 is 12.6. The van der Waals surface area contributed by atoms with Crippen LogP contribution in [0.2, 0.25) is 0 Å². The monoisotopic (exact) mass is 469 g/mol. The van der Waals surface area contributed by atoms with Crippen LogP contribution < -0.4 is 14.8 Å². The molecular formula is C26H31NO5S. The minimum absolute atomic E-state index is 0.191. The topological polar surface area (TPSA) is 84.9 Å². The first-order valence-electron chi connectivity index (χ1n) is 11.2. The van der Waals surface area contributed by atoms with Gasteiger partial charge >= 0.3 is 0 Å². The molecule has 2 heterocycles. The van der Waals surface area contributed by atoms with Gasteiger partial charge in [0.2, 0.25) is 5.91 Å². The summed E-state index contributed by atoms with van der Waals surface area (Å²) in [5, 5.41) is 12.2. The molecule has 2 aliphatic rings. The summed E-state index contributed by atoms with van der Waals surface area (Å²) in [6, 6.07) is 9.46. The van der Waals surface area contributed by atoms with Crippen LogP contribution in [0, 0.1) is 6.92 Å². The second-order valence-corrected chi connectivity index (χ2v) is 11.4. The van der Waals surface area contributed by atoms with E-state index in [9.17, 15) is 14.7 Å². The van der Waals surface area contributed by atoms with Crippen LogP contribution in [0.5, 0.6) is 17.2 Å². The highest BCUT2D eigenvalue weighted by atomic mass is 32.2. The van der Waals surface area contributed by atoms with Gasteiger partial charge in [0, 0.05) is 5.56 Å². The lowest BCUT2D eigenvalue weighted by atomic mass is 9.80. The molecule has 2 atom stereocenters. The third kappa shape index (κ3) is 4.98. The lowest BCUT2D eigenvalue weighted by Crippen LogP contribution is -2.42. The van der Waals surface area contributed by atoms with E-state index in [1.807, 2.05) is 37.3 Å². The highest BCUT2D eigenvalue weighted by Gasteiger charge is 2.36. The van der Waals surface area contributed by atoms with E-state index in [-0.39, 0.29) is 21.8 Å². The SMILES string of the molecule is Cc1c2c(cc(O)c1C(C)(C)C)CCC(C)(COc1ccc(CC3SC(=O)NC3=O)cc1)O2. The van der Waals surface area contributed by atoms with E-state index < -0.39 is 5.60 Å². The molecule has 0 bridgehead atoms. The highest BCUT2D eigenvalue weighted by molar-refractivity contribution is 8.15. The van der Waals surface area contributed by atoms with Crippen LogP contribution in [0.15, 0.2) is 30.3 Å². The highest BCUT2D eigenvalue weighted by Crippen LogP contribution is 2.44. The van der Waals surface area contributed by atoms with Gasteiger partial charge in [0.25, 0.3) is 5.24 Å². The zero-order chi connectivity index (χ0) is 24.0. The zero-order valence-corrected chi connectivity index (χ0v) is 20.6.